The third-order valence-corrected chi connectivity index (χ3v) is 7.21. The van der Waals surface area contributed by atoms with Crippen LogP contribution in [0.15, 0.2) is 42.0 Å². The Bertz CT molecular complexity index is 1230. The number of aromatic hydroxyl groups is 1. The van der Waals surface area contributed by atoms with Gasteiger partial charge in [-0.2, -0.15) is 0 Å². The van der Waals surface area contributed by atoms with Gasteiger partial charge in [-0.15, -0.1) is 20.4 Å². The van der Waals surface area contributed by atoms with E-state index < -0.39 is 11.5 Å². The van der Waals surface area contributed by atoms with E-state index in [0.29, 0.717) is 30.4 Å². The maximum Gasteiger partial charge on any atom is 0.223 e. The summed E-state index contributed by atoms with van der Waals surface area (Å²) in [5.74, 6) is 0.478. The van der Waals surface area contributed by atoms with Gasteiger partial charge in [0.05, 0.1) is 36.0 Å². The summed E-state index contributed by atoms with van der Waals surface area (Å²) in [6, 6.07) is 6.89. The Balaban J connectivity index is 1.45. The van der Waals surface area contributed by atoms with E-state index in [0.717, 1.165) is 29.3 Å². The van der Waals surface area contributed by atoms with Gasteiger partial charge in [0.15, 0.2) is 4.96 Å². The fourth-order valence-electron chi connectivity index (χ4n) is 3.39. The fraction of sp³-hybridized carbons (Fsp3) is 0.211. The topological polar surface area (TPSA) is 114 Å². The van der Waals surface area contributed by atoms with E-state index >= 15 is 0 Å². The van der Waals surface area contributed by atoms with Crippen LogP contribution in [0.25, 0.3) is 27.6 Å². The molecule has 9 nitrogen and oxygen atoms in total. The summed E-state index contributed by atoms with van der Waals surface area (Å²) < 4.78 is 18.5. The Morgan fingerprint density at radius 3 is 3.03 bits per heavy atom. The summed E-state index contributed by atoms with van der Waals surface area (Å²) in [4.78, 5) is 14.5. The van der Waals surface area contributed by atoms with Gasteiger partial charge in [-0.05, 0) is 18.2 Å². The Hall–Kier alpha value is -2.41. The van der Waals surface area contributed by atoms with Crippen molar-refractivity contribution >= 4 is 45.4 Å². The smallest absolute Gasteiger partial charge is 0.223 e. The molecule has 1 unspecified atom stereocenters. The zero-order chi connectivity index (χ0) is 21.4. The van der Waals surface area contributed by atoms with Gasteiger partial charge < -0.3 is 15.0 Å². The monoisotopic (exact) mass is 475 g/mol. The van der Waals surface area contributed by atoms with E-state index in [4.69, 9.17) is 16.6 Å². The zero-order valence-electron chi connectivity index (χ0n) is 16.2. The van der Waals surface area contributed by atoms with E-state index in [1.807, 2.05) is 32.4 Å². The highest BCUT2D eigenvalue weighted by Crippen LogP contribution is 2.36. The molecule has 1 fully saturated rings. The molecule has 160 valence electrons. The predicted molar refractivity (Wildman–Crippen MR) is 122 cm³/mol. The lowest BCUT2D eigenvalue weighted by Crippen LogP contribution is -2.33. The summed E-state index contributed by atoms with van der Waals surface area (Å²) in [6.45, 7) is 2.65. The van der Waals surface area contributed by atoms with Crippen molar-refractivity contribution in [3.05, 3.63) is 47.1 Å². The number of nitrogens with one attached hydrogen (secondary N) is 2. The van der Waals surface area contributed by atoms with Crippen LogP contribution in [0, 0.1) is 0 Å². The van der Waals surface area contributed by atoms with Crippen LogP contribution in [0.1, 0.15) is 0 Å². The number of aromatic nitrogens is 4. The van der Waals surface area contributed by atoms with Crippen LogP contribution in [0.4, 0.5) is 5.95 Å². The van der Waals surface area contributed by atoms with Crippen molar-refractivity contribution < 1.29 is 9.66 Å². The standard InChI is InChI=1S/C19H18ClN7O2S2/c20-13-2-1-12(11-15(13)28)16-17(27-9-10-30-19(27)25-16)14-3-4-21-18(24-14)22-5-7-26-8-6-23-31(26)29/h1-4,9-11,23,28H,5-8H2,(H,21,22,24). The second kappa shape index (κ2) is 8.61. The van der Waals surface area contributed by atoms with Crippen LogP contribution >= 0.6 is 22.9 Å². The van der Waals surface area contributed by atoms with Gasteiger partial charge in [0.2, 0.25) is 5.95 Å². The molecule has 0 radical (unpaired) electrons. The number of rotatable bonds is 6. The summed E-state index contributed by atoms with van der Waals surface area (Å²) in [7, 11) is 0. The molecule has 1 aromatic carbocycles. The van der Waals surface area contributed by atoms with Crippen molar-refractivity contribution in [1.82, 2.24) is 28.4 Å². The first-order chi connectivity index (χ1) is 15.1. The minimum Gasteiger partial charge on any atom is -0.579 e. The fourth-order valence-corrected chi connectivity index (χ4v) is 5.18. The highest BCUT2D eigenvalue weighted by Gasteiger charge is 2.26. The minimum atomic E-state index is -1.12. The number of imidazole rings is 1. The summed E-state index contributed by atoms with van der Waals surface area (Å²) in [6.07, 6.45) is 3.63. The van der Waals surface area contributed by atoms with Crippen molar-refractivity contribution in [3.63, 3.8) is 0 Å². The molecule has 3 N–H and O–H groups in total. The summed E-state index contributed by atoms with van der Waals surface area (Å²) in [5.41, 5.74) is 2.93. The van der Waals surface area contributed by atoms with Crippen molar-refractivity contribution in [2.45, 2.75) is 0 Å². The molecule has 1 aliphatic heterocycles. The molecule has 3 aromatic heterocycles. The number of fused-ring (bicyclic) bond motifs is 1. The molecule has 0 aliphatic carbocycles. The summed E-state index contributed by atoms with van der Waals surface area (Å²) >= 11 is 6.37. The summed E-state index contributed by atoms with van der Waals surface area (Å²) in [5, 5.41) is 15.5. The number of hydrogen-bond donors (Lipinski definition) is 3. The Morgan fingerprint density at radius 2 is 2.23 bits per heavy atom. The molecule has 0 amide bonds. The van der Waals surface area contributed by atoms with E-state index in [1.54, 1.807) is 18.3 Å². The average molecular weight is 476 g/mol. The minimum absolute atomic E-state index is 0.000282. The highest BCUT2D eigenvalue weighted by atomic mass is 35.5. The van der Waals surface area contributed by atoms with Crippen molar-refractivity contribution in [3.8, 4) is 28.4 Å². The van der Waals surface area contributed by atoms with E-state index in [2.05, 4.69) is 20.0 Å². The average Bonchev–Trinajstić information content (AvgIpc) is 3.47. The Morgan fingerprint density at radius 1 is 1.32 bits per heavy atom. The van der Waals surface area contributed by atoms with Crippen molar-refractivity contribution in [1.29, 1.82) is 0 Å². The maximum atomic E-state index is 11.8. The second-order valence-electron chi connectivity index (χ2n) is 6.80. The van der Waals surface area contributed by atoms with Gasteiger partial charge >= 0.3 is 0 Å². The normalized spacial score (nSPS) is 16.9. The lowest BCUT2D eigenvalue weighted by molar-refractivity contribution is 0.461. The Labute approximate surface area is 190 Å². The van der Waals surface area contributed by atoms with Crippen molar-refractivity contribution in [2.24, 2.45) is 0 Å². The molecule has 12 heteroatoms. The van der Waals surface area contributed by atoms with Gasteiger partial charge in [-0.3, -0.25) is 4.40 Å². The maximum absolute atomic E-state index is 11.8. The lowest BCUT2D eigenvalue weighted by atomic mass is 10.1. The van der Waals surface area contributed by atoms with Gasteiger partial charge in [0, 0.05) is 29.9 Å². The van der Waals surface area contributed by atoms with E-state index in [-0.39, 0.29) is 10.8 Å². The number of benzene rings is 1. The van der Waals surface area contributed by atoms with Crippen LogP contribution in [0.3, 0.4) is 0 Å². The largest absolute Gasteiger partial charge is 0.579 e. The van der Waals surface area contributed by atoms with Gasteiger partial charge in [0.1, 0.15) is 23.0 Å². The third kappa shape index (κ3) is 4.07. The Kier molecular flexibility index (Phi) is 5.69. The molecule has 0 saturated carbocycles. The molecule has 4 aromatic rings. The number of nitrogens with zero attached hydrogens (tertiary/aromatic N) is 5. The number of halogens is 1. The molecular formula is C19H18ClN7O2S2. The molecule has 0 bridgehead atoms. The number of thiazole rings is 1. The predicted octanol–water partition coefficient (Wildman–Crippen LogP) is 2.77. The van der Waals surface area contributed by atoms with Gasteiger partial charge in [-0.25, -0.2) is 15.0 Å². The molecule has 1 aliphatic rings. The van der Waals surface area contributed by atoms with Crippen LogP contribution in [-0.2, 0) is 11.5 Å². The number of hydrogen-bond acceptors (Lipinski definition) is 9. The van der Waals surface area contributed by atoms with E-state index in [9.17, 15) is 9.66 Å². The molecule has 0 spiro atoms. The molecule has 5 rings (SSSR count). The van der Waals surface area contributed by atoms with Crippen LogP contribution in [0.5, 0.6) is 5.75 Å². The number of anilines is 1. The number of phenolic OH excluding ortho intramolecular Hbond substituents is 1. The first kappa shape index (κ1) is 20.5. The van der Waals surface area contributed by atoms with Crippen molar-refractivity contribution in [2.75, 3.05) is 31.5 Å². The molecule has 4 heterocycles. The SMILES string of the molecule is [O-][S+]1NCCN1CCNc1nccc(-c2c(-c3ccc(Cl)c(O)c3)nc3sccn23)n1. The zero-order valence-corrected chi connectivity index (χ0v) is 18.5. The van der Waals surface area contributed by atoms with Gasteiger partial charge in [-0.1, -0.05) is 17.7 Å². The quantitative estimate of drug-likeness (QED) is 0.365. The highest BCUT2D eigenvalue weighted by molar-refractivity contribution is 7.87. The third-order valence-electron chi connectivity index (χ3n) is 4.85. The first-order valence-electron chi connectivity index (χ1n) is 9.52. The van der Waals surface area contributed by atoms with Crippen LogP contribution < -0.4 is 10.0 Å². The first-order valence-corrected chi connectivity index (χ1v) is 11.9. The molecule has 1 atom stereocenters. The lowest BCUT2D eigenvalue weighted by Gasteiger charge is -2.14. The van der Waals surface area contributed by atoms with Crippen LogP contribution in [-0.4, -0.2) is 59.5 Å². The van der Waals surface area contributed by atoms with Crippen LogP contribution in [0.2, 0.25) is 5.02 Å². The van der Waals surface area contributed by atoms with Gasteiger partial charge in [0.25, 0.3) is 0 Å². The molecular weight excluding hydrogens is 458 g/mol. The second-order valence-corrected chi connectivity index (χ2v) is 9.38. The number of phenols is 1. The molecule has 31 heavy (non-hydrogen) atoms. The molecule has 1 saturated heterocycles. The van der Waals surface area contributed by atoms with E-state index in [1.165, 1.54) is 11.3 Å².